The van der Waals surface area contributed by atoms with Crippen LogP contribution in [0.3, 0.4) is 0 Å². The van der Waals surface area contributed by atoms with Crippen LogP contribution in [0.2, 0.25) is 0 Å². The van der Waals surface area contributed by atoms with Crippen molar-refractivity contribution in [2.75, 3.05) is 0 Å². The number of hydrogen-bond donors (Lipinski definition) is 4. The highest BCUT2D eigenvalue weighted by atomic mass is 16.6. The fourth-order valence-corrected chi connectivity index (χ4v) is 2.08. The van der Waals surface area contributed by atoms with Gasteiger partial charge in [-0.15, -0.1) is 0 Å². The molecule has 0 aliphatic carbocycles. The molecule has 0 bridgehead atoms. The molecule has 0 fully saturated rings. The van der Waals surface area contributed by atoms with Crippen LogP contribution in [-0.2, 0) is 19.1 Å². The first-order valence-electron chi connectivity index (χ1n) is 7.64. The van der Waals surface area contributed by atoms with E-state index in [2.05, 4.69) is 4.74 Å². The van der Waals surface area contributed by atoms with Crippen LogP contribution in [0.1, 0.15) is 20.7 Å². The highest BCUT2D eigenvalue weighted by molar-refractivity contribution is 5.95. The number of rotatable bonds is 7. The SMILES string of the molecule is O=C(O[C@H](C(=O)O)[C@H](OC(=O)c1cccc(O)c1)C(=O)O)c1ccc(O)cc1. The first-order chi connectivity index (χ1) is 13.2. The van der Waals surface area contributed by atoms with Crippen LogP contribution in [0.4, 0.5) is 0 Å². The van der Waals surface area contributed by atoms with Gasteiger partial charge >= 0.3 is 23.9 Å². The van der Waals surface area contributed by atoms with Gasteiger partial charge in [-0.1, -0.05) is 6.07 Å². The highest BCUT2D eigenvalue weighted by Crippen LogP contribution is 2.17. The molecule has 0 saturated carbocycles. The van der Waals surface area contributed by atoms with Crippen molar-refractivity contribution < 1.29 is 49.1 Å². The molecule has 0 aromatic heterocycles. The lowest BCUT2D eigenvalue weighted by Crippen LogP contribution is -2.45. The molecule has 28 heavy (non-hydrogen) atoms. The molecule has 0 amide bonds. The zero-order valence-electron chi connectivity index (χ0n) is 14.0. The quantitative estimate of drug-likeness (QED) is 0.501. The number of ether oxygens (including phenoxy) is 2. The molecule has 2 rings (SSSR count). The summed E-state index contributed by atoms with van der Waals surface area (Å²) in [5, 5.41) is 37.1. The number of carbonyl (C=O) groups excluding carboxylic acids is 2. The second kappa shape index (κ2) is 8.54. The van der Waals surface area contributed by atoms with Crippen LogP contribution < -0.4 is 0 Å². The summed E-state index contributed by atoms with van der Waals surface area (Å²) in [5.74, 6) is -6.62. The number of carbonyl (C=O) groups is 4. The minimum Gasteiger partial charge on any atom is -0.508 e. The molecule has 10 heteroatoms. The van der Waals surface area contributed by atoms with E-state index in [-0.39, 0.29) is 22.6 Å². The summed E-state index contributed by atoms with van der Waals surface area (Å²) < 4.78 is 9.38. The lowest BCUT2D eigenvalue weighted by atomic mass is 10.1. The van der Waals surface area contributed by atoms with Crippen molar-refractivity contribution in [1.82, 2.24) is 0 Å². The van der Waals surface area contributed by atoms with Gasteiger partial charge in [0.05, 0.1) is 11.1 Å². The Morgan fingerprint density at radius 2 is 1.18 bits per heavy atom. The van der Waals surface area contributed by atoms with Crippen molar-refractivity contribution in [3.8, 4) is 11.5 Å². The number of carboxylic acids is 2. The van der Waals surface area contributed by atoms with E-state index < -0.39 is 36.1 Å². The van der Waals surface area contributed by atoms with E-state index in [1.54, 1.807) is 0 Å². The average Bonchev–Trinajstić information content (AvgIpc) is 2.64. The van der Waals surface area contributed by atoms with Gasteiger partial charge in [-0.25, -0.2) is 19.2 Å². The number of aliphatic carboxylic acids is 2. The van der Waals surface area contributed by atoms with E-state index >= 15 is 0 Å². The lowest BCUT2D eigenvalue weighted by molar-refractivity contribution is -0.166. The van der Waals surface area contributed by atoms with Crippen LogP contribution in [0.25, 0.3) is 0 Å². The second-order valence-corrected chi connectivity index (χ2v) is 5.43. The number of phenolic OH excluding ortho intramolecular Hbond substituents is 2. The van der Waals surface area contributed by atoms with Crippen LogP contribution >= 0.6 is 0 Å². The largest absolute Gasteiger partial charge is 0.508 e. The van der Waals surface area contributed by atoms with Gasteiger partial charge in [0.1, 0.15) is 11.5 Å². The molecular weight excluding hydrogens is 376 g/mol. The smallest absolute Gasteiger partial charge is 0.349 e. The third-order valence-electron chi connectivity index (χ3n) is 3.41. The lowest BCUT2D eigenvalue weighted by Gasteiger charge is -2.21. The van der Waals surface area contributed by atoms with Gasteiger partial charge in [0, 0.05) is 0 Å². The van der Waals surface area contributed by atoms with Gasteiger partial charge in [0.25, 0.3) is 0 Å². The van der Waals surface area contributed by atoms with Gasteiger partial charge < -0.3 is 29.9 Å². The summed E-state index contributed by atoms with van der Waals surface area (Å²) in [6.45, 7) is 0. The first-order valence-corrected chi connectivity index (χ1v) is 7.64. The van der Waals surface area contributed by atoms with E-state index in [0.717, 1.165) is 30.3 Å². The molecule has 2 aromatic carbocycles. The number of benzene rings is 2. The predicted molar refractivity (Wildman–Crippen MR) is 89.9 cm³/mol. The minimum absolute atomic E-state index is 0.158. The number of phenols is 2. The van der Waals surface area contributed by atoms with E-state index in [1.807, 2.05) is 0 Å². The van der Waals surface area contributed by atoms with Crippen molar-refractivity contribution in [1.29, 1.82) is 0 Å². The summed E-state index contributed by atoms with van der Waals surface area (Å²) in [6, 6.07) is 9.28. The van der Waals surface area contributed by atoms with Gasteiger partial charge in [0.15, 0.2) is 0 Å². The number of aromatic hydroxyl groups is 2. The number of esters is 2. The topological polar surface area (TPSA) is 168 Å². The maximum Gasteiger partial charge on any atom is 0.349 e. The van der Waals surface area contributed by atoms with Crippen molar-refractivity contribution >= 4 is 23.9 Å². The first kappa shape index (κ1) is 20.2. The fraction of sp³-hybridized carbons (Fsp3) is 0.111. The second-order valence-electron chi connectivity index (χ2n) is 5.43. The molecule has 0 saturated heterocycles. The summed E-state index contributed by atoms with van der Waals surface area (Å²) in [4.78, 5) is 47.0. The third-order valence-corrected chi connectivity index (χ3v) is 3.41. The third kappa shape index (κ3) is 4.97. The van der Waals surface area contributed by atoms with E-state index in [9.17, 15) is 39.6 Å². The maximum atomic E-state index is 12.1. The molecule has 0 heterocycles. The molecule has 0 unspecified atom stereocenters. The Balaban J connectivity index is 2.22. The van der Waals surface area contributed by atoms with Crippen LogP contribution in [0.15, 0.2) is 48.5 Å². The van der Waals surface area contributed by atoms with E-state index in [1.165, 1.54) is 18.2 Å². The van der Waals surface area contributed by atoms with Crippen molar-refractivity contribution in [3.63, 3.8) is 0 Å². The Kier molecular flexibility index (Phi) is 6.17. The average molecular weight is 390 g/mol. The van der Waals surface area contributed by atoms with Gasteiger partial charge in [0.2, 0.25) is 12.2 Å². The van der Waals surface area contributed by atoms with E-state index in [0.29, 0.717) is 0 Å². The van der Waals surface area contributed by atoms with Crippen molar-refractivity contribution in [2.24, 2.45) is 0 Å². The molecule has 2 aromatic rings. The monoisotopic (exact) mass is 390 g/mol. The molecule has 0 aliphatic rings. The minimum atomic E-state index is -2.35. The van der Waals surface area contributed by atoms with Gasteiger partial charge in [-0.2, -0.15) is 0 Å². The Labute approximate surface area is 157 Å². The van der Waals surface area contributed by atoms with Gasteiger partial charge in [-0.3, -0.25) is 0 Å². The Hall–Kier alpha value is -4.08. The molecule has 0 aliphatic heterocycles. The molecule has 0 spiro atoms. The summed E-state index contributed by atoms with van der Waals surface area (Å²) in [5.41, 5.74) is -0.396. The molecule has 2 atom stereocenters. The van der Waals surface area contributed by atoms with Crippen LogP contribution in [0, 0.1) is 0 Å². The summed E-state index contributed by atoms with van der Waals surface area (Å²) in [6.07, 6.45) is -4.70. The molecule has 10 nitrogen and oxygen atoms in total. The Bertz CT molecular complexity index is 903. The fourth-order valence-electron chi connectivity index (χ4n) is 2.08. The van der Waals surface area contributed by atoms with Crippen molar-refractivity contribution in [2.45, 2.75) is 12.2 Å². The van der Waals surface area contributed by atoms with Crippen molar-refractivity contribution in [3.05, 3.63) is 59.7 Å². The highest BCUT2D eigenvalue weighted by Gasteiger charge is 2.41. The van der Waals surface area contributed by atoms with Gasteiger partial charge in [-0.05, 0) is 42.5 Å². The van der Waals surface area contributed by atoms with E-state index in [4.69, 9.17) is 4.74 Å². The molecule has 4 N–H and O–H groups in total. The standard InChI is InChI=1S/C18H14O10/c19-11-6-4-9(5-7-11)17(25)27-13(15(21)22)14(16(23)24)28-18(26)10-2-1-3-12(20)8-10/h1-8,13-14,19-20H,(H,21,22)(H,23,24)/t13-,14-/m0/s1. The van der Waals surface area contributed by atoms with Crippen LogP contribution in [-0.4, -0.2) is 56.5 Å². The number of hydrogen-bond acceptors (Lipinski definition) is 8. The molecular formula is C18H14O10. The van der Waals surface area contributed by atoms with Crippen LogP contribution in [0.5, 0.6) is 11.5 Å². The molecule has 0 radical (unpaired) electrons. The zero-order valence-corrected chi connectivity index (χ0v) is 14.0. The summed E-state index contributed by atoms with van der Waals surface area (Å²) in [7, 11) is 0. The maximum absolute atomic E-state index is 12.1. The normalized spacial score (nSPS) is 12.4. The zero-order chi connectivity index (χ0) is 20.8. The summed E-state index contributed by atoms with van der Waals surface area (Å²) >= 11 is 0. The number of carboxylic acid groups (broad SMARTS) is 2. The predicted octanol–water partition coefficient (Wildman–Crippen LogP) is 1.02. The molecule has 146 valence electrons. The Morgan fingerprint density at radius 3 is 1.64 bits per heavy atom. The Morgan fingerprint density at radius 1 is 0.679 bits per heavy atom.